The van der Waals surface area contributed by atoms with E-state index in [1.807, 2.05) is 97.2 Å². The molecule has 0 spiro atoms. The maximum absolute atomic E-state index is 14.4. The quantitative estimate of drug-likeness (QED) is 0.159. The van der Waals surface area contributed by atoms with Crippen LogP contribution in [0.1, 0.15) is 36.1 Å². The minimum atomic E-state index is -0.378. The molecule has 5 aromatic rings. The molecule has 0 saturated heterocycles. The van der Waals surface area contributed by atoms with Crippen molar-refractivity contribution in [2.45, 2.75) is 38.8 Å². The Kier molecular flexibility index (Phi) is 6.55. The van der Waals surface area contributed by atoms with Crippen LogP contribution in [0.25, 0.3) is 33.0 Å². The predicted octanol–water partition coefficient (Wildman–Crippen LogP) is 5.46. The molecule has 1 aliphatic heterocycles. The Morgan fingerprint density at radius 2 is 1.42 bits per heavy atom. The molecule has 2 aromatic heterocycles. The molecular formula is C35H29N3O5. The summed E-state index contributed by atoms with van der Waals surface area (Å²) in [7, 11) is 0. The van der Waals surface area contributed by atoms with E-state index in [-0.39, 0.29) is 43.2 Å². The number of nitrogens with zero attached hydrogens (tertiary/aromatic N) is 3. The van der Waals surface area contributed by atoms with Crippen molar-refractivity contribution in [1.82, 2.24) is 14.0 Å². The van der Waals surface area contributed by atoms with Gasteiger partial charge in [-0.1, -0.05) is 72.8 Å². The Labute approximate surface area is 247 Å². The summed E-state index contributed by atoms with van der Waals surface area (Å²) in [6, 6.07) is 24.7. The number of carbonyl (C=O) groups excluding carboxylic acids is 3. The molecule has 0 radical (unpaired) electrons. The molecular weight excluding hydrogens is 542 g/mol. The van der Waals surface area contributed by atoms with Gasteiger partial charge in [0.05, 0.1) is 29.2 Å². The van der Waals surface area contributed by atoms with Gasteiger partial charge < -0.3 is 19.0 Å². The molecule has 0 fully saturated rings. The Morgan fingerprint density at radius 3 is 2.09 bits per heavy atom. The van der Waals surface area contributed by atoms with E-state index in [1.165, 1.54) is 11.8 Å². The van der Waals surface area contributed by atoms with Crippen molar-refractivity contribution in [3.63, 3.8) is 0 Å². The van der Waals surface area contributed by atoms with Gasteiger partial charge in [-0.25, -0.2) is 0 Å². The summed E-state index contributed by atoms with van der Waals surface area (Å²) in [5, 5.41) is 11.7. The van der Waals surface area contributed by atoms with Crippen molar-refractivity contribution < 1.29 is 24.2 Å². The van der Waals surface area contributed by atoms with Gasteiger partial charge in [-0.15, -0.1) is 0 Å². The number of benzene rings is 3. The molecule has 7 rings (SSSR count). The Hall–Kier alpha value is -5.21. The number of hydrogen-bond acceptors (Lipinski definition) is 5. The highest BCUT2D eigenvalue weighted by molar-refractivity contribution is 6.50. The van der Waals surface area contributed by atoms with Crippen LogP contribution in [0.5, 0.6) is 0 Å². The van der Waals surface area contributed by atoms with Gasteiger partial charge in [0.25, 0.3) is 11.8 Å². The minimum Gasteiger partial charge on any atom is -0.458 e. The SMILES string of the molecule is CC(=O)O[C@H]1C=C[C@@H](n2cc(C3=C(c4cn(CO)c5ccccc45)C(=O)N(Cc4ccccc4)C3=O)c3ccccc32)C1. The second kappa shape index (κ2) is 10.6. The van der Waals surface area contributed by atoms with Crippen molar-refractivity contribution in [1.29, 1.82) is 0 Å². The molecule has 2 aliphatic rings. The van der Waals surface area contributed by atoms with Crippen LogP contribution in [0, 0.1) is 0 Å². The van der Waals surface area contributed by atoms with Gasteiger partial charge in [-0.2, -0.15) is 0 Å². The fourth-order valence-electron chi connectivity index (χ4n) is 6.38. The largest absolute Gasteiger partial charge is 0.458 e. The molecule has 0 unspecified atom stereocenters. The van der Waals surface area contributed by atoms with E-state index in [2.05, 4.69) is 4.57 Å². The van der Waals surface area contributed by atoms with E-state index >= 15 is 0 Å². The zero-order chi connectivity index (χ0) is 29.7. The fourth-order valence-corrected chi connectivity index (χ4v) is 6.38. The van der Waals surface area contributed by atoms with Crippen LogP contribution in [0.2, 0.25) is 0 Å². The average Bonchev–Trinajstić information content (AvgIpc) is 3.77. The van der Waals surface area contributed by atoms with Crippen molar-refractivity contribution in [3.05, 3.63) is 120 Å². The number of para-hydroxylation sites is 2. The summed E-state index contributed by atoms with van der Waals surface area (Å²) >= 11 is 0. The Balaban J connectivity index is 1.43. The van der Waals surface area contributed by atoms with Gasteiger partial charge in [-0.05, 0) is 23.8 Å². The van der Waals surface area contributed by atoms with Gasteiger partial charge in [0.1, 0.15) is 12.8 Å². The number of aromatic nitrogens is 2. The normalized spacial score (nSPS) is 18.5. The predicted molar refractivity (Wildman–Crippen MR) is 163 cm³/mol. The standard InChI is InChI=1S/C35H29N3O5/c1-22(40)43-25-16-15-24(17-25)37-20-29(27-12-6-8-14-31(27)37)33-32(28-19-36(21-39)30-13-7-5-11-26(28)30)34(41)38(35(33)42)18-23-9-3-2-4-10-23/h2-16,19-20,24-25,39H,17-18,21H2,1H3/t24-,25+/m1/s1. The minimum absolute atomic E-state index is 0.101. The number of rotatable bonds is 7. The number of hydrogen-bond donors (Lipinski definition) is 1. The maximum atomic E-state index is 14.4. The first-order chi connectivity index (χ1) is 20.9. The van der Waals surface area contributed by atoms with E-state index < -0.39 is 0 Å². The molecule has 8 heteroatoms. The third-order valence-electron chi connectivity index (χ3n) is 8.27. The Bertz CT molecular complexity index is 1980. The molecule has 3 heterocycles. The number of aliphatic hydroxyl groups is 1. The van der Waals surface area contributed by atoms with E-state index in [4.69, 9.17) is 4.74 Å². The summed E-state index contributed by atoms with van der Waals surface area (Å²) in [5.41, 5.74) is 4.41. The molecule has 2 amide bonds. The smallest absolute Gasteiger partial charge is 0.303 e. The Morgan fingerprint density at radius 1 is 0.814 bits per heavy atom. The number of allylic oxidation sites excluding steroid dienone is 1. The lowest BCUT2D eigenvalue weighted by atomic mass is 9.95. The highest BCUT2D eigenvalue weighted by Gasteiger charge is 2.42. The van der Waals surface area contributed by atoms with E-state index in [1.54, 1.807) is 10.8 Å². The van der Waals surface area contributed by atoms with Gasteiger partial charge in [-0.3, -0.25) is 19.3 Å². The fraction of sp³-hybridized carbons (Fsp3) is 0.171. The lowest BCUT2D eigenvalue weighted by molar-refractivity contribution is -0.144. The average molecular weight is 572 g/mol. The molecule has 0 saturated carbocycles. The summed E-state index contributed by atoms with van der Waals surface area (Å²) in [4.78, 5) is 41.6. The van der Waals surface area contributed by atoms with Crippen LogP contribution < -0.4 is 0 Å². The lowest BCUT2D eigenvalue weighted by Crippen LogP contribution is -2.30. The van der Waals surface area contributed by atoms with Crippen LogP contribution in [0.15, 0.2) is 103 Å². The second-order valence-electron chi connectivity index (χ2n) is 10.9. The second-order valence-corrected chi connectivity index (χ2v) is 10.9. The molecule has 2 atom stereocenters. The first kappa shape index (κ1) is 26.7. The maximum Gasteiger partial charge on any atom is 0.303 e. The lowest BCUT2D eigenvalue weighted by Gasteiger charge is -2.15. The van der Waals surface area contributed by atoms with Crippen LogP contribution in [0.4, 0.5) is 0 Å². The highest BCUT2D eigenvalue weighted by Crippen LogP contribution is 2.43. The van der Waals surface area contributed by atoms with Crippen molar-refractivity contribution in [3.8, 4) is 0 Å². The molecule has 43 heavy (non-hydrogen) atoms. The number of imide groups is 1. The van der Waals surface area contributed by atoms with E-state index in [9.17, 15) is 19.5 Å². The zero-order valence-electron chi connectivity index (χ0n) is 23.5. The van der Waals surface area contributed by atoms with Crippen molar-refractivity contribution in [2.75, 3.05) is 0 Å². The van der Waals surface area contributed by atoms with Crippen molar-refractivity contribution >= 4 is 50.7 Å². The highest BCUT2D eigenvalue weighted by atomic mass is 16.5. The van der Waals surface area contributed by atoms with E-state index in [0.29, 0.717) is 28.7 Å². The van der Waals surface area contributed by atoms with Gasteiger partial charge in [0.15, 0.2) is 0 Å². The molecule has 3 aromatic carbocycles. The van der Waals surface area contributed by atoms with Gasteiger partial charge in [0.2, 0.25) is 0 Å². The third kappa shape index (κ3) is 4.47. The zero-order valence-corrected chi connectivity index (χ0v) is 23.5. The summed E-state index contributed by atoms with van der Waals surface area (Å²) in [5.74, 6) is -1.08. The number of ether oxygens (including phenoxy) is 1. The number of aliphatic hydroxyl groups excluding tert-OH is 1. The number of fused-ring (bicyclic) bond motifs is 2. The summed E-state index contributed by atoms with van der Waals surface area (Å²) < 4.78 is 9.20. The summed E-state index contributed by atoms with van der Waals surface area (Å²) in [6.45, 7) is 1.27. The molecule has 1 aliphatic carbocycles. The number of carbonyl (C=O) groups is 3. The molecule has 0 bridgehead atoms. The molecule has 214 valence electrons. The van der Waals surface area contributed by atoms with Crippen molar-refractivity contribution in [2.24, 2.45) is 0 Å². The van der Waals surface area contributed by atoms with Crippen LogP contribution in [-0.2, 0) is 32.4 Å². The third-order valence-corrected chi connectivity index (χ3v) is 8.27. The number of esters is 1. The van der Waals surface area contributed by atoms with Gasteiger partial charge >= 0.3 is 5.97 Å². The first-order valence-electron chi connectivity index (χ1n) is 14.2. The summed E-state index contributed by atoms with van der Waals surface area (Å²) in [6.07, 6.45) is 7.83. The topological polar surface area (TPSA) is 93.8 Å². The molecule has 1 N–H and O–H groups in total. The van der Waals surface area contributed by atoms with Crippen LogP contribution >= 0.6 is 0 Å². The first-order valence-corrected chi connectivity index (χ1v) is 14.2. The van der Waals surface area contributed by atoms with Crippen LogP contribution in [-0.4, -0.2) is 43.0 Å². The number of amides is 2. The molecule has 8 nitrogen and oxygen atoms in total. The monoisotopic (exact) mass is 571 g/mol. The van der Waals surface area contributed by atoms with Crippen LogP contribution in [0.3, 0.4) is 0 Å². The van der Waals surface area contributed by atoms with Gasteiger partial charge in [0, 0.05) is 53.2 Å². The van der Waals surface area contributed by atoms with E-state index in [0.717, 1.165) is 27.4 Å².